The van der Waals surface area contributed by atoms with Crippen LogP contribution in [0.4, 0.5) is 15.8 Å². The molecule has 5 heteroatoms. The summed E-state index contributed by atoms with van der Waals surface area (Å²) in [5.74, 6) is -0.785. The van der Waals surface area contributed by atoms with E-state index in [-0.39, 0.29) is 17.2 Å². The van der Waals surface area contributed by atoms with Crippen LogP contribution in [0.3, 0.4) is 0 Å². The highest BCUT2D eigenvalue weighted by molar-refractivity contribution is 7.17. The number of rotatable bonds is 3. The largest absolute Gasteiger partial charge is 0.385 e. The van der Waals surface area contributed by atoms with Crippen LogP contribution in [0.5, 0.6) is 0 Å². The number of nitrogens with one attached hydrogen (secondary N) is 2. The maximum Gasteiger partial charge on any atom is 0.257 e. The monoisotopic (exact) mass is 300 g/mol. The number of hydrogen-bond donors (Lipinski definition) is 2. The Kier molecular flexibility index (Phi) is 3.58. The number of carbonyl (C=O) groups excluding carboxylic acids is 1. The van der Waals surface area contributed by atoms with E-state index in [4.69, 9.17) is 0 Å². The average Bonchev–Trinajstić information content (AvgIpc) is 2.94. The van der Waals surface area contributed by atoms with Crippen molar-refractivity contribution in [1.82, 2.24) is 0 Å². The Labute approximate surface area is 125 Å². The van der Waals surface area contributed by atoms with Crippen LogP contribution < -0.4 is 10.6 Å². The van der Waals surface area contributed by atoms with Crippen LogP contribution in [0.15, 0.2) is 47.8 Å². The van der Waals surface area contributed by atoms with Crippen LogP contribution in [0, 0.1) is 5.82 Å². The van der Waals surface area contributed by atoms with E-state index >= 15 is 0 Å². The molecule has 2 aromatic carbocycles. The van der Waals surface area contributed by atoms with Gasteiger partial charge < -0.3 is 10.6 Å². The van der Waals surface area contributed by atoms with Gasteiger partial charge in [-0.05, 0) is 47.2 Å². The number of hydrogen-bond acceptors (Lipinski definition) is 3. The van der Waals surface area contributed by atoms with Gasteiger partial charge in [-0.1, -0.05) is 6.07 Å². The zero-order chi connectivity index (χ0) is 14.8. The number of halogens is 1. The van der Waals surface area contributed by atoms with E-state index in [0.717, 1.165) is 10.1 Å². The molecule has 1 heterocycles. The summed E-state index contributed by atoms with van der Waals surface area (Å²) in [5.41, 5.74) is 1.17. The molecule has 0 spiro atoms. The van der Waals surface area contributed by atoms with E-state index in [9.17, 15) is 9.18 Å². The molecule has 0 fully saturated rings. The third-order valence-electron chi connectivity index (χ3n) is 3.22. The van der Waals surface area contributed by atoms with Crippen LogP contribution >= 0.6 is 11.3 Å². The summed E-state index contributed by atoms with van der Waals surface area (Å²) >= 11 is 1.65. The fourth-order valence-corrected chi connectivity index (χ4v) is 2.98. The number of anilines is 2. The number of thiophene rings is 1. The van der Waals surface area contributed by atoms with Gasteiger partial charge in [-0.2, -0.15) is 0 Å². The molecule has 1 aromatic heterocycles. The van der Waals surface area contributed by atoms with Crippen molar-refractivity contribution >= 4 is 38.7 Å². The van der Waals surface area contributed by atoms with Gasteiger partial charge in [0.2, 0.25) is 0 Å². The second-order valence-corrected chi connectivity index (χ2v) is 5.49. The maximum absolute atomic E-state index is 13.7. The summed E-state index contributed by atoms with van der Waals surface area (Å²) in [6, 6.07) is 12.1. The molecule has 0 aliphatic carbocycles. The molecule has 2 N–H and O–H groups in total. The van der Waals surface area contributed by atoms with Crippen molar-refractivity contribution in [2.75, 3.05) is 17.7 Å². The van der Waals surface area contributed by atoms with Gasteiger partial charge in [-0.15, -0.1) is 11.3 Å². The molecule has 3 nitrogen and oxygen atoms in total. The number of benzene rings is 2. The van der Waals surface area contributed by atoms with E-state index < -0.39 is 5.82 Å². The van der Waals surface area contributed by atoms with E-state index in [1.807, 2.05) is 29.6 Å². The second-order valence-electron chi connectivity index (χ2n) is 4.54. The lowest BCUT2D eigenvalue weighted by molar-refractivity contribution is 0.102. The molecule has 3 rings (SSSR count). The Bertz CT molecular complexity index is 813. The molecule has 106 valence electrons. The quantitative estimate of drug-likeness (QED) is 0.755. The molecule has 0 unspecified atom stereocenters. The van der Waals surface area contributed by atoms with E-state index in [0.29, 0.717) is 5.69 Å². The zero-order valence-electron chi connectivity index (χ0n) is 11.3. The van der Waals surface area contributed by atoms with Crippen LogP contribution in [0.1, 0.15) is 10.4 Å². The van der Waals surface area contributed by atoms with Crippen molar-refractivity contribution in [3.8, 4) is 0 Å². The molecule has 0 atom stereocenters. The van der Waals surface area contributed by atoms with E-state index in [2.05, 4.69) is 10.6 Å². The summed E-state index contributed by atoms with van der Waals surface area (Å²) in [6.45, 7) is 0. The van der Waals surface area contributed by atoms with E-state index in [1.165, 1.54) is 12.1 Å². The van der Waals surface area contributed by atoms with Crippen LogP contribution in [0.2, 0.25) is 0 Å². The Morgan fingerprint density at radius 2 is 2.05 bits per heavy atom. The Balaban J connectivity index is 1.90. The van der Waals surface area contributed by atoms with Crippen molar-refractivity contribution in [3.63, 3.8) is 0 Å². The predicted octanol–water partition coefficient (Wildman–Crippen LogP) is 4.33. The molecule has 0 saturated heterocycles. The molecule has 3 aromatic rings. The molecule has 1 amide bonds. The maximum atomic E-state index is 13.7. The van der Waals surface area contributed by atoms with Crippen molar-refractivity contribution in [2.45, 2.75) is 0 Å². The number of para-hydroxylation sites is 1. The fourth-order valence-electron chi connectivity index (χ4n) is 2.21. The van der Waals surface area contributed by atoms with Gasteiger partial charge in [0.25, 0.3) is 5.91 Å². The minimum atomic E-state index is -0.446. The molecule has 0 aliphatic rings. The average molecular weight is 300 g/mol. The lowest BCUT2D eigenvalue weighted by atomic mass is 10.1. The third kappa shape index (κ3) is 2.60. The molecular weight excluding hydrogens is 287 g/mol. The SMILES string of the molecule is CNc1c(F)cccc1C(=O)Nc1ccc2sccc2c1. The summed E-state index contributed by atoms with van der Waals surface area (Å²) in [7, 11) is 1.59. The first-order chi connectivity index (χ1) is 10.2. The van der Waals surface area contributed by atoms with Crippen LogP contribution in [-0.2, 0) is 0 Å². The highest BCUT2D eigenvalue weighted by atomic mass is 32.1. The molecular formula is C16H13FN2OS. The lowest BCUT2D eigenvalue weighted by Crippen LogP contribution is -2.14. The van der Waals surface area contributed by atoms with Gasteiger partial charge in [0.15, 0.2) is 0 Å². The summed E-state index contributed by atoms with van der Waals surface area (Å²) in [5, 5.41) is 8.60. The van der Waals surface area contributed by atoms with Crippen molar-refractivity contribution in [1.29, 1.82) is 0 Å². The van der Waals surface area contributed by atoms with Gasteiger partial charge in [0.1, 0.15) is 5.82 Å². The molecule has 21 heavy (non-hydrogen) atoms. The highest BCUT2D eigenvalue weighted by Gasteiger charge is 2.14. The van der Waals surface area contributed by atoms with Crippen LogP contribution in [0.25, 0.3) is 10.1 Å². The summed E-state index contributed by atoms with van der Waals surface area (Å²) in [4.78, 5) is 12.3. The van der Waals surface area contributed by atoms with Gasteiger partial charge in [0.05, 0.1) is 11.3 Å². The first kappa shape index (κ1) is 13.6. The van der Waals surface area contributed by atoms with E-state index in [1.54, 1.807) is 24.5 Å². The van der Waals surface area contributed by atoms with Crippen molar-refractivity contribution < 1.29 is 9.18 Å². The number of fused-ring (bicyclic) bond motifs is 1. The van der Waals surface area contributed by atoms with Crippen molar-refractivity contribution in [2.24, 2.45) is 0 Å². The summed E-state index contributed by atoms with van der Waals surface area (Å²) in [6.07, 6.45) is 0. The van der Waals surface area contributed by atoms with Gasteiger partial charge >= 0.3 is 0 Å². The first-order valence-corrected chi connectivity index (χ1v) is 7.32. The van der Waals surface area contributed by atoms with Gasteiger partial charge in [0, 0.05) is 17.4 Å². The standard InChI is InChI=1S/C16H13FN2OS/c1-18-15-12(3-2-4-13(15)17)16(20)19-11-5-6-14-10(9-11)7-8-21-14/h2-9,18H,1H3,(H,19,20). The number of amides is 1. The zero-order valence-corrected chi connectivity index (χ0v) is 12.1. The Morgan fingerprint density at radius 3 is 2.86 bits per heavy atom. The topological polar surface area (TPSA) is 41.1 Å². The third-order valence-corrected chi connectivity index (χ3v) is 4.12. The lowest BCUT2D eigenvalue weighted by Gasteiger charge is -2.10. The van der Waals surface area contributed by atoms with Crippen molar-refractivity contribution in [3.05, 3.63) is 59.2 Å². The summed E-state index contributed by atoms with van der Waals surface area (Å²) < 4.78 is 14.8. The number of carbonyl (C=O) groups is 1. The molecule has 0 bridgehead atoms. The molecule has 0 radical (unpaired) electrons. The normalized spacial score (nSPS) is 10.6. The predicted molar refractivity (Wildman–Crippen MR) is 85.7 cm³/mol. The molecule has 0 saturated carbocycles. The first-order valence-electron chi connectivity index (χ1n) is 6.44. The van der Waals surface area contributed by atoms with Crippen LogP contribution in [-0.4, -0.2) is 13.0 Å². The minimum absolute atomic E-state index is 0.201. The van der Waals surface area contributed by atoms with Gasteiger partial charge in [-0.25, -0.2) is 4.39 Å². The highest BCUT2D eigenvalue weighted by Crippen LogP contribution is 2.25. The Morgan fingerprint density at radius 1 is 1.19 bits per heavy atom. The smallest absolute Gasteiger partial charge is 0.257 e. The van der Waals surface area contributed by atoms with Gasteiger partial charge in [-0.3, -0.25) is 4.79 Å². The second kappa shape index (κ2) is 5.54. The Hall–Kier alpha value is -2.40. The fraction of sp³-hybridized carbons (Fsp3) is 0.0625. The minimum Gasteiger partial charge on any atom is -0.385 e. The molecule has 0 aliphatic heterocycles.